The van der Waals surface area contributed by atoms with Gasteiger partial charge in [-0.3, -0.25) is 0 Å². The van der Waals surface area contributed by atoms with Crippen LogP contribution in [0.1, 0.15) is 42.5 Å². The number of anilines is 2. The summed E-state index contributed by atoms with van der Waals surface area (Å²) in [6.07, 6.45) is 15.1. The fraction of sp³-hybridized carbons (Fsp3) is 0.308. The average Bonchev–Trinajstić information content (AvgIpc) is 3.23. The van der Waals surface area contributed by atoms with E-state index in [1.807, 2.05) is 6.26 Å². The van der Waals surface area contributed by atoms with E-state index in [0.29, 0.717) is 0 Å². The van der Waals surface area contributed by atoms with Crippen molar-refractivity contribution < 1.29 is 4.74 Å². The summed E-state index contributed by atoms with van der Waals surface area (Å²) in [5, 5.41) is 0. The van der Waals surface area contributed by atoms with Crippen molar-refractivity contribution in [1.82, 2.24) is 0 Å². The first-order valence-corrected chi connectivity index (χ1v) is 10.4. The van der Waals surface area contributed by atoms with E-state index < -0.39 is 5.72 Å². The van der Waals surface area contributed by atoms with Crippen molar-refractivity contribution >= 4 is 23.5 Å². The molecule has 0 N–H and O–H groups in total. The van der Waals surface area contributed by atoms with E-state index in [4.69, 9.17) is 4.74 Å². The van der Waals surface area contributed by atoms with Gasteiger partial charge >= 0.3 is 0 Å². The molecule has 0 spiro atoms. The van der Waals surface area contributed by atoms with Crippen LogP contribution in [-0.4, -0.2) is 19.8 Å². The SMILES string of the molecule is CN(C)c1ccc(/C=C/C23OC=CN2c2ccc4c(c2C3(C)C)CCC=C4)cc1. The summed E-state index contributed by atoms with van der Waals surface area (Å²) in [5.41, 5.74) is 7.19. The Morgan fingerprint density at radius 2 is 1.86 bits per heavy atom. The van der Waals surface area contributed by atoms with Crippen LogP contribution in [0.2, 0.25) is 0 Å². The molecule has 3 heteroatoms. The lowest BCUT2D eigenvalue weighted by Crippen LogP contribution is -2.51. The maximum absolute atomic E-state index is 6.37. The van der Waals surface area contributed by atoms with E-state index in [-0.39, 0.29) is 5.41 Å². The van der Waals surface area contributed by atoms with Gasteiger partial charge in [0.05, 0.1) is 5.41 Å². The second-order valence-electron chi connectivity index (χ2n) is 8.88. The summed E-state index contributed by atoms with van der Waals surface area (Å²) < 4.78 is 6.37. The molecule has 3 aliphatic rings. The third-order valence-electron chi connectivity index (χ3n) is 6.69. The molecule has 0 saturated carbocycles. The number of benzene rings is 2. The Morgan fingerprint density at radius 3 is 2.62 bits per heavy atom. The van der Waals surface area contributed by atoms with E-state index in [2.05, 4.69) is 105 Å². The molecule has 1 aliphatic carbocycles. The van der Waals surface area contributed by atoms with Crippen molar-refractivity contribution in [3.05, 3.63) is 83.3 Å². The zero-order chi connectivity index (χ0) is 20.2. The Morgan fingerprint density at radius 1 is 1.07 bits per heavy atom. The van der Waals surface area contributed by atoms with Crippen LogP contribution in [0.25, 0.3) is 12.2 Å². The van der Waals surface area contributed by atoms with Crippen LogP contribution in [0.5, 0.6) is 0 Å². The molecule has 0 radical (unpaired) electrons. The van der Waals surface area contributed by atoms with Crippen LogP contribution >= 0.6 is 0 Å². The Kier molecular flexibility index (Phi) is 3.92. The van der Waals surface area contributed by atoms with Gasteiger partial charge in [-0.25, -0.2) is 0 Å². The summed E-state index contributed by atoms with van der Waals surface area (Å²) in [4.78, 5) is 4.43. The number of ether oxygens (including phenoxy) is 1. The van der Waals surface area contributed by atoms with Crippen molar-refractivity contribution in [2.45, 2.75) is 37.8 Å². The number of rotatable bonds is 3. The van der Waals surface area contributed by atoms with E-state index in [0.717, 1.165) is 12.8 Å². The standard InChI is InChI=1S/C26H28N2O/c1-25(2)24-22-8-6-5-7-20(22)11-14-23(24)28-17-18-29-26(25,28)16-15-19-9-12-21(13-10-19)27(3)4/h5,7,9-18H,6,8H2,1-4H3/b16-15+. The monoisotopic (exact) mass is 384 g/mol. The Balaban J connectivity index is 1.58. The highest BCUT2D eigenvalue weighted by molar-refractivity contribution is 5.77. The summed E-state index contributed by atoms with van der Waals surface area (Å²) >= 11 is 0. The van der Waals surface area contributed by atoms with Gasteiger partial charge in [-0.15, -0.1) is 0 Å². The first kappa shape index (κ1) is 18.1. The Hall–Kier alpha value is -2.94. The van der Waals surface area contributed by atoms with Gasteiger partial charge in [0, 0.05) is 31.7 Å². The van der Waals surface area contributed by atoms with Gasteiger partial charge in [0.1, 0.15) is 6.26 Å². The molecule has 2 aliphatic heterocycles. The quantitative estimate of drug-likeness (QED) is 0.673. The van der Waals surface area contributed by atoms with Crippen molar-refractivity contribution in [3.63, 3.8) is 0 Å². The molecular formula is C26H28N2O. The molecule has 2 aromatic rings. The van der Waals surface area contributed by atoms with Crippen LogP contribution in [0.3, 0.4) is 0 Å². The first-order chi connectivity index (χ1) is 13.9. The maximum atomic E-state index is 6.37. The fourth-order valence-electron chi connectivity index (χ4n) is 5.08. The van der Waals surface area contributed by atoms with Crippen molar-refractivity contribution in [2.75, 3.05) is 23.9 Å². The molecule has 148 valence electrons. The van der Waals surface area contributed by atoms with Gasteiger partial charge in [0.15, 0.2) is 0 Å². The molecule has 1 atom stereocenters. The highest BCUT2D eigenvalue weighted by Gasteiger charge is 2.59. The van der Waals surface area contributed by atoms with E-state index in [1.54, 1.807) is 0 Å². The van der Waals surface area contributed by atoms with Gasteiger partial charge in [-0.1, -0.05) is 36.4 Å². The third-order valence-corrected chi connectivity index (χ3v) is 6.69. The first-order valence-electron chi connectivity index (χ1n) is 10.4. The van der Waals surface area contributed by atoms with Gasteiger partial charge in [0.25, 0.3) is 0 Å². The maximum Gasteiger partial charge on any atom is 0.215 e. The molecule has 2 heterocycles. The molecule has 2 aromatic carbocycles. The van der Waals surface area contributed by atoms with Crippen LogP contribution in [0, 0.1) is 0 Å². The van der Waals surface area contributed by atoms with Gasteiger partial charge in [0.2, 0.25) is 5.72 Å². The molecule has 29 heavy (non-hydrogen) atoms. The van der Waals surface area contributed by atoms with Gasteiger partial charge in [-0.2, -0.15) is 0 Å². The lowest BCUT2D eigenvalue weighted by atomic mass is 9.73. The highest BCUT2D eigenvalue weighted by atomic mass is 16.5. The van der Waals surface area contributed by atoms with Crippen molar-refractivity contribution in [1.29, 1.82) is 0 Å². The van der Waals surface area contributed by atoms with Crippen molar-refractivity contribution in [3.8, 4) is 0 Å². The number of hydrogen-bond acceptors (Lipinski definition) is 3. The van der Waals surface area contributed by atoms with E-state index >= 15 is 0 Å². The summed E-state index contributed by atoms with van der Waals surface area (Å²) in [6.45, 7) is 4.63. The molecule has 0 fully saturated rings. The number of hydrogen-bond donors (Lipinski definition) is 0. The highest BCUT2D eigenvalue weighted by Crippen LogP contribution is 2.57. The van der Waals surface area contributed by atoms with Crippen molar-refractivity contribution in [2.24, 2.45) is 0 Å². The lowest BCUT2D eigenvalue weighted by molar-refractivity contribution is 0.0383. The molecule has 0 aromatic heterocycles. The molecule has 5 rings (SSSR count). The molecule has 3 nitrogen and oxygen atoms in total. The second-order valence-corrected chi connectivity index (χ2v) is 8.88. The molecule has 0 saturated heterocycles. The fourth-order valence-corrected chi connectivity index (χ4v) is 5.08. The molecular weight excluding hydrogens is 356 g/mol. The second kappa shape index (κ2) is 6.28. The third kappa shape index (κ3) is 2.50. The minimum absolute atomic E-state index is 0.178. The average molecular weight is 385 g/mol. The van der Waals surface area contributed by atoms with Crippen LogP contribution in [0.4, 0.5) is 11.4 Å². The predicted molar refractivity (Wildman–Crippen MR) is 122 cm³/mol. The largest absolute Gasteiger partial charge is 0.469 e. The minimum Gasteiger partial charge on any atom is -0.469 e. The van der Waals surface area contributed by atoms with Crippen LogP contribution in [0.15, 0.2) is 61.0 Å². The molecule has 0 bridgehead atoms. The summed E-state index contributed by atoms with van der Waals surface area (Å²) in [6, 6.07) is 13.1. The lowest BCUT2D eigenvalue weighted by Gasteiger charge is -2.40. The number of allylic oxidation sites excluding steroid dienone is 1. The topological polar surface area (TPSA) is 15.7 Å². The van der Waals surface area contributed by atoms with Gasteiger partial charge in [-0.05, 0) is 73.2 Å². The smallest absolute Gasteiger partial charge is 0.215 e. The normalized spacial score (nSPS) is 23.1. The Labute approximate surface area is 173 Å². The predicted octanol–water partition coefficient (Wildman–Crippen LogP) is 5.72. The number of nitrogens with zero attached hydrogens (tertiary/aromatic N) is 2. The van der Waals surface area contributed by atoms with Crippen LogP contribution in [-0.2, 0) is 16.6 Å². The Bertz CT molecular complexity index is 1040. The van der Waals surface area contributed by atoms with Gasteiger partial charge < -0.3 is 14.5 Å². The molecule has 1 unspecified atom stereocenters. The van der Waals surface area contributed by atoms with E-state index in [1.165, 1.54) is 33.6 Å². The summed E-state index contributed by atoms with van der Waals surface area (Å²) in [5.74, 6) is 0. The zero-order valence-corrected chi connectivity index (χ0v) is 17.6. The zero-order valence-electron chi connectivity index (χ0n) is 17.6. The summed E-state index contributed by atoms with van der Waals surface area (Å²) in [7, 11) is 4.13. The molecule has 0 amide bonds. The van der Waals surface area contributed by atoms with E-state index in [9.17, 15) is 0 Å². The van der Waals surface area contributed by atoms with Crippen LogP contribution < -0.4 is 9.80 Å². The number of fused-ring (bicyclic) bond motifs is 5. The minimum atomic E-state index is -0.536.